The van der Waals surface area contributed by atoms with Crippen LogP contribution in [-0.4, -0.2) is 83.2 Å². The van der Waals surface area contributed by atoms with Crippen molar-refractivity contribution in [2.75, 3.05) is 12.8 Å². The normalized spacial score (nSPS) is 13.2. The minimum atomic E-state index is -4.36. The average molecular weight is 729 g/mol. The molecule has 0 saturated carbocycles. The van der Waals surface area contributed by atoms with Crippen molar-refractivity contribution in [3.05, 3.63) is 113 Å². The quantitative estimate of drug-likeness (QED) is 0.106. The smallest absolute Gasteiger partial charge is 0.320 e. The first-order valence-electron chi connectivity index (χ1n) is 16.4. The number of carboxylic acid groups (broad SMARTS) is 1. The number of carbonyl (C=O) groups is 4. The lowest BCUT2D eigenvalue weighted by Crippen LogP contribution is -2.56. The molecule has 3 atom stereocenters. The highest BCUT2D eigenvalue weighted by molar-refractivity contribution is 7.90. The number of sulfonamides is 1. The van der Waals surface area contributed by atoms with Crippen molar-refractivity contribution in [2.24, 2.45) is 5.73 Å². The highest BCUT2D eigenvalue weighted by Crippen LogP contribution is 2.22. The van der Waals surface area contributed by atoms with Gasteiger partial charge in [-0.25, -0.2) is 8.42 Å². The Hall–Kier alpha value is -5.80. The number of benzene rings is 3. The molecule has 0 aliphatic carbocycles. The first kappa shape index (κ1) is 37.5. The lowest BCUT2D eigenvalue weighted by molar-refractivity contribution is -0.138. The van der Waals surface area contributed by atoms with Gasteiger partial charge in [0, 0.05) is 54.2 Å². The molecule has 272 valence electrons. The van der Waals surface area contributed by atoms with Crippen LogP contribution in [0.3, 0.4) is 0 Å². The number of nitrogens with zero attached hydrogens (tertiary/aromatic N) is 2. The average Bonchev–Trinajstić information content (AvgIpc) is 3.79. The van der Waals surface area contributed by atoms with E-state index in [1.165, 1.54) is 18.1 Å². The minimum absolute atomic E-state index is 0.0440. The van der Waals surface area contributed by atoms with Crippen LogP contribution in [0.15, 0.2) is 89.7 Å². The van der Waals surface area contributed by atoms with Gasteiger partial charge in [-0.15, -0.1) is 0 Å². The van der Waals surface area contributed by atoms with Crippen molar-refractivity contribution in [3.8, 4) is 11.3 Å². The van der Waals surface area contributed by atoms with Gasteiger partial charge in [0.2, 0.25) is 15.9 Å². The van der Waals surface area contributed by atoms with Crippen LogP contribution in [0.1, 0.15) is 39.0 Å². The van der Waals surface area contributed by atoms with Crippen LogP contribution in [-0.2, 0) is 37.2 Å². The zero-order valence-electron chi connectivity index (χ0n) is 28.8. The van der Waals surface area contributed by atoms with Crippen LogP contribution in [0.4, 0.5) is 0 Å². The van der Waals surface area contributed by atoms with Crippen LogP contribution in [0.5, 0.6) is 0 Å². The number of nitrogens with two attached hydrogens (primary N) is 1. The summed E-state index contributed by atoms with van der Waals surface area (Å²) in [5.41, 5.74) is 10.4. The Morgan fingerprint density at radius 2 is 1.65 bits per heavy atom. The number of para-hydroxylation sites is 1. The van der Waals surface area contributed by atoms with Crippen molar-refractivity contribution >= 4 is 44.6 Å². The summed E-state index contributed by atoms with van der Waals surface area (Å²) >= 11 is 0. The number of hydrogen-bond acceptors (Lipinski definition) is 9. The summed E-state index contributed by atoms with van der Waals surface area (Å²) in [4.78, 5) is 57.5. The minimum Gasteiger partial charge on any atom is -0.480 e. The summed E-state index contributed by atoms with van der Waals surface area (Å²) in [7, 11) is -2.86. The van der Waals surface area contributed by atoms with Crippen molar-refractivity contribution in [1.29, 1.82) is 0 Å². The molecule has 3 unspecified atom stereocenters. The number of rotatable bonds is 15. The number of aromatic nitrogens is 2. The number of amides is 3. The summed E-state index contributed by atoms with van der Waals surface area (Å²) in [6, 6.07) is 17.5. The molecule has 0 aliphatic heterocycles. The second kappa shape index (κ2) is 16.0. The lowest BCUT2D eigenvalue weighted by Gasteiger charge is -2.29. The van der Waals surface area contributed by atoms with E-state index in [2.05, 4.69) is 15.5 Å². The molecule has 52 heavy (non-hydrogen) atoms. The molecule has 3 aromatic carbocycles. The fraction of sp³-hybridized carbons (Fsp3) is 0.270. The van der Waals surface area contributed by atoms with E-state index in [0.717, 1.165) is 27.6 Å². The third-order valence-corrected chi connectivity index (χ3v) is 9.95. The SMILES string of the molecule is Cc1cc(C)cc(C(=O)N(C)C(Cc2ccc(-c3ccno3)cc2)C(=O)NC(Cc2c[nH]c3ccccc23)C(=O)NS(=O)(=O)CCC(N)C(=O)O)c1. The molecule has 0 aliphatic rings. The molecule has 0 fully saturated rings. The first-order valence-corrected chi connectivity index (χ1v) is 18.1. The van der Waals surface area contributed by atoms with Crippen molar-refractivity contribution in [3.63, 3.8) is 0 Å². The highest BCUT2D eigenvalue weighted by atomic mass is 32.2. The van der Waals surface area contributed by atoms with E-state index >= 15 is 0 Å². The molecule has 14 nitrogen and oxygen atoms in total. The number of aliphatic carboxylic acids is 1. The van der Waals surface area contributed by atoms with Crippen LogP contribution in [0, 0.1) is 13.8 Å². The molecular formula is C37H40N6O8S. The largest absolute Gasteiger partial charge is 0.480 e. The number of hydrogen-bond donors (Lipinski definition) is 5. The molecule has 0 spiro atoms. The topological polar surface area (TPSA) is 218 Å². The Labute approximate surface area is 300 Å². The molecule has 0 radical (unpaired) electrons. The molecule has 3 amide bonds. The molecule has 2 heterocycles. The molecule has 5 rings (SSSR count). The predicted octanol–water partition coefficient (Wildman–Crippen LogP) is 3.10. The number of aromatic amines is 1. The number of carbonyl (C=O) groups excluding carboxylic acids is 3. The number of nitrogens with one attached hydrogen (secondary N) is 3. The Bertz CT molecular complexity index is 2160. The molecule has 6 N–H and O–H groups in total. The Morgan fingerprint density at radius 3 is 2.31 bits per heavy atom. The van der Waals surface area contributed by atoms with Gasteiger partial charge in [0.1, 0.15) is 18.1 Å². The van der Waals surface area contributed by atoms with E-state index in [9.17, 15) is 27.6 Å². The maximum absolute atomic E-state index is 14.3. The van der Waals surface area contributed by atoms with Gasteiger partial charge in [0.05, 0.1) is 11.9 Å². The summed E-state index contributed by atoms with van der Waals surface area (Å²) in [6.45, 7) is 3.72. The second-order valence-electron chi connectivity index (χ2n) is 12.7. The van der Waals surface area contributed by atoms with Gasteiger partial charge in [-0.05, 0) is 49.6 Å². The molecule has 0 bridgehead atoms. The second-order valence-corrected chi connectivity index (χ2v) is 14.6. The summed E-state index contributed by atoms with van der Waals surface area (Å²) in [5.74, 6) is -3.75. The van der Waals surface area contributed by atoms with Gasteiger partial charge >= 0.3 is 5.97 Å². The van der Waals surface area contributed by atoms with E-state index in [0.29, 0.717) is 22.5 Å². The Balaban J connectivity index is 1.46. The fourth-order valence-electron chi connectivity index (χ4n) is 5.92. The van der Waals surface area contributed by atoms with Gasteiger partial charge in [0.25, 0.3) is 11.8 Å². The van der Waals surface area contributed by atoms with Gasteiger partial charge in [0.15, 0.2) is 5.76 Å². The van der Waals surface area contributed by atoms with E-state index in [1.54, 1.807) is 54.7 Å². The molecule has 2 aromatic heterocycles. The summed E-state index contributed by atoms with van der Waals surface area (Å²) in [5, 5.41) is 16.3. The molecule has 0 saturated heterocycles. The predicted molar refractivity (Wildman–Crippen MR) is 194 cm³/mol. The number of fused-ring (bicyclic) bond motifs is 1. The Kier molecular flexibility index (Phi) is 11.6. The zero-order chi connectivity index (χ0) is 37.6. The Morgan fingerprint density at radius 1 is 0.962 bits per heavy atom. The summed E-state index contributed by atoms with van der Waals surface area (Å²) in [6.07, 6.45) is 2.68. The van der Waals surface area contributed by atoms with Gasteiger partial charge in [-0.3, -0.25) is 23.9 Å². The standard InChI is InChI=1S/C37H40N6O8S/c1-22-16-23(2)18-26(17-22)36(46)43(3)32(19-24-8-10-25(11-9-24)33-12-14-40-51-33)35(45)41-31(20-27-21-39-30-7-5-4-6-28(27)30)34(44)42-52(49,50)15-13-29(38)37(47)48/h4-12,14,16-18,21,29,31-32,39H,13,15,19-20,38H2,1-3H3,(H,41,45)(H,42,44)(H,47,48). The number of H-pyrrole nitrogens is 1. The lowest BCUT2D eigenvalue weighted by atomic mass is 9.99. The van der Waals surface area contributed by atoms with Crippen LogP contribution >= 0.6 is 0 Å². The third kappa shape index (κ3) is 9.30. The maximum Gasteiger partial charge on any atom is 0.320 e. The van der Waals surface area contributed by atoms with E-state index in [4.69, 9.17) is 15.4 Å². The van der Waals surface area contributed by atoms with Crippen molar-refractivity contribution < 1.29 is 37.2 Å². The van der Waals surface area contributed by atoms with Crippen LogP contribution < -0.4 is 15.8 Å². The molecular weight excluding hydrogens is 689 g/mol. The maximum atomic E-state index is 14.3. The van der Waals surface area contributed by atoms with E-state index in [1.807, 2.05) is 42.8 Å². The number of carboxylic acids is 1. The first-order chi connectivity index (χ1) is 24.7. The van der Waals surface area contributed by atoms with E-state index < -0.39 is 64.0 Å². The van der Waals surface area contributed by atoms with Gasteiger partial charge < -0.3 is 30.6 Å². The molecule has 5 aromatic rings. The van der Waals surface area contributed by atoms with Gasteiger partial charge in [-0.1, -0.05) is 64.8 Å². The van der Waals surface area contributed by atoms with E-state index in [-0.39, 0.29) is 12.8 Å². The van der Waals surface area contributed by atoms with Crippen molar-refractivity contribution in [1.82, 2.24) is 25.1 Å². The number of aryl methyl sites for hydroxylation is 2. The fourth-order valence-corrected chi connectivity index (χ4v) is 7.04. The summed E-state index contributed by atoms with van der Waals surface area (Å²) < 4.78 is 33.0. The van der Waals surface area contributed by atoms with Gasteiger partial charge in [-0.2, -0.15) is 0 Å². The van der Waals surface area contributed by atoms with Crippen LogP contribution in [0.25, 0.3) is 22.2 Å². The van der Waals surface area contributed by atoms with Crippen molar-refractivity contribution in [2.45, 2.75) is 51.2 Å². The monoisotopic (exact) mass is 728 g/mol. The molecule has 15 heteroatoms. The zero-order valence-corrected chi connectivity index (χ0v) is 29.6. The number of likely N-dealkylation sites (N-methyl/N-ethyl adjacent to an activating group) is 1. The third-order valence-electron chi connectivity index (χ3n) is 8.67. The highest BCUT2D eigenvalue weighted by Gasteiger charge is 2.33. The van der Waals surface area contributed by atoms with Crippen LogP contribution in [0.2, 0.25) is 0 Å².